The lowest BCUT2D eigenvalue weighted by atomic mass is 9.81. The molecule has 0 bridgehead atoms. The Morgan fingerprint density at radius 1 is 0.950 bits per heavy atom. The molecule has 0 aromatic carbocycles. The van der Waals surface area contributed by atoms with Gasteiger partial charge in [-0.15, -0.1) is 0 Å². The van der Waals surface area contributed by atoms with Gasteiger partial charge >= 0.3 is 5.97 Å². The van der Waals surface area contributed by atoms with E-state index in [1.165, 1.54) is 13.8 Å². The summed E-state index contributed by atoms with van der Waals surface area (Å²) in [5.41, 5.74) is 0. The van der Waals surface area contributed by atoms with Gasteiger partial charge in [-0.3, -0.25) is 0 Å². The molecule has 10 N–H and O–H groups in total. The van der Waals surface area contributed by atoms with Crippen LogP contribution in [-0.4, -0.2) is 162 Å². The highest BCUT2D eigenvalue weighted by molar-refractivity contribution is 5.76. The first kappa shape index (κ1) is 33.4. The van der Waals surface area contributed by atoms with Gasteiger partial charge in [0, 0.05) is 18.3 Å². The highest BCUT2D eigenvalue weighted by Crippen LogP contribution is 2.39. The third-order valence-corrected chi connectivity index (χ3v) is 8.11. The summed E-state index contributed by atoms with van der Waals surface area (Å²) in [6.45, 7) is 2.52. The Balaban J connectivity index is 1.77. The molecule has 0 aliphatic carbocycles. The van der Waals surface area contributed by atoms with Crippen LogP contribution >= 0.6 is 0 Å². The molecule has 3 aliphatic rings. The van der Waals surface area contributed by atoms with Crippen LogP contribution in [0.15, 0.2) is 0 Å². The van der Waals surface area contributed by atoms with Crippen LogP contribution in [0.1, 0.15) is 27.2 Å². The molecule has 16 unspecified atom stereocenters. The first-order chi connectivity index (χ1) is 18.7. The molecule has 234 valence electrons. The lowest BCUT2D eigenvalue weighted by Gasteiger charge is -2.48. The maximum Gasteiger partial charge on any atom is 0.364 e. The Morgan fingerprint density at radius 3 is 2.17 bits per heavy atom. The van der Waals surface area contributed by atoms with Crippen molar-refractivity contribution in [3.05, 3.63) is 0 Å². The molecular weight excluding hydrogens is 544 g/mol. The molecule has 3 fully saturated rings. The van der Waals surface area contributed by atoms with E-state index in [1.807, 2.05) is 0 Å². The zero-order valence-corrected chi connectivity index (χ0v) is 22.4. The molecule has 0 radical (unpaired) electrons. The minimum atomic E-state index is -2.48. The fraction of sp³-hybridized carbons (Fsp3) is 0.958. The normalized spacial score (nSPS) is 48.0. The fourth-order valence-corrected chi connectivity index (χ4v) is 5.30. The van der Waals surface area contributed by atoms with E-state index < -0.39 is 129 Å². The van der Waals surface area contributed by atoms with Gasteiger partial charge in [-0.1, -0.05) is 13.8 Å². The van der Waals surface area contributed by atoms with Gasteiger partial charge in [-0.25, -0.2) is 4.79 Å². The monoisotopic (exact) mass is 586 g/mol. The van der Waals surface area contributed by atoms with E-state index in [0.717, 1.165) is 0 Å². The predicted molar refractivity (Wildman–Crippen MR) is 128 cm³/mol. The second kappa shape index (κ2) is 13.5. The summed E-state index contributed by atoms with van der Waals surface area (Å²) in [5.74, 6) is -5.58. The number of hydrogen-bond donors (Lipinski definition) is 10. The second-order valence-electron chi connectivity index (χ2n) is 10.8. The zero-order chi connectivity index (χ0) is 30.1. The molecule has 16 atom stereocenters. The first-order valence-electron chi connectivity index (χ1n) is 13.2. The largest absolute Gasteiger partial charge is 0.477 e. The molecule has 0 amide bonds. The minimum absolute atomic E-state index is 0.546. The van der Waals surface area contributed by atoms with Crippen molar-refractivity contribution in [1.82, 2.24) is 0 Å². The first-order valence-corrected chi connectivity index (χ1v) is 13.2. The summed E-state index contributed by atoms with van der Waals surface area (Å²) >= 11 is 0. The van der Waals surface area contributed by atoms with Gasteiger partial charge in [0.2, 0.25) is 0 Å². The molecule has 0 spiro atoms. The molecule has 3 rings (SSSR count). The van der Waals surface area contributed by atoms with Crippen molar-refractivity contribution < 1.29 is 79.5 Å². The fourth-order valence-electron chi connectivity index (χ4n) is 5.30. The van der Waals surface area contributed by atoms with Crippen molar-refractivity contribution in [3.63, 3.8) is 0 Å². The van der Waals surface area contributed by atoms with Crippen molar-refractivity contribution in [1.29, 1.82) is 0 Å². The van der Waals surface area contributed by atoms with Gasteiger partial charge in [0.05, 0.1) is 44.2 Å². The van der Waals surface area contributed by atoms with Crippen LogP contribution in [0.25, 0.3) is 0 Å². The van der Waals surface area contributed by atoms with E-state index in [1.54, 1.807) is 6.92 Å². The molecule has 0 aromatic rings. The molecule has 16 heteroatoms. The van der Waals surface area contributed by atoms with E-state index in [9.17, 15) is 55.9 Å². The third kappa shape index (κ3) is 6.60. The van der Waals surface area contributed by atoms with Crippen molar-refractivity contribution in [2.75, 3.05) is 19.8 Å². The number of aliphatic carboxylic acids is 1. The summed E-state index contributed by atoms with van der Waals surface area (Å²) in [6.07, 6.45) is -19.5. The van der Waals surface area contributed by atoms with Gasteiger partial charge in [-0.2, -0.15) is 0 Å². The van der Waals surface area contributed by atoms with Gasteiger partial charge in [-0.05, 0) is 6.92 Å². The second-order valence-corrected chi connectivity index (χ2v) is 10.8. The highest BCUT2D eigenvalue weighted by Gasteiger charge is 2.55. The quantitative estimate of drug-likeness (QED) is 0.115. The SMILES string of the molecule is CC1OC(CO)C(OC2OC(COC3(C(=O)O)CC(O)C(C)C(C(C)C(O)CO)O3)C(O)C(O)C2O)C(O)C1O. The third-order valence-electron chi connectivity index (χ3n) is 8.11. The van der Waals surface area contributed by atoms with Crippen molar-refractivity contribution in [3.8, 4) is 0 Å². The minimum Gasteiger partial charge on any atom is -0.477 e. The van der Waals surface area contributed by atoms with Gasteiger partial charge in [0.15, 0.2) is 6.29 Å². The van der Waals surface area contributed by atoms with E-state index in [4.69, 9.17) is 23.7 Å². The van der Waals surface area contributed by atoms with Crippen LogP contribution in [0.2, 0.25) is 0 Å². The van der Waals surface area contributed by atoms with Crippen LogP contribution in [0, 0.1) is 11.8 Å². The summed E-state index contributed by atoms with van der Waals surface area (Å²) in [7, 11) is 0. The lowest BCUT2D eigenvalue weighted by molar-refractivity contribution is -0.356. The molecule has 3 saturated heterocycles. The Labute approximate surface area is 230 Å². The Kier molecular flexibility index (Phi) is 11.3. The van der Waals surface area contributed by atoms with Gasteiger partial charge in [0.1, 0.15) is 48.8 Å². The summed E-state index contributed by atoms with van der Waals surface area (Å²) < 4.78 is 27.9. The molecule has 16 nitrogen and oxygen atoms in total. The lowest BCUT2D eigenvalue weighted by Crippen LogP contribution is -2.65. The molecule has 0 saturated carbocycles. The summed E-state index contributed by atoms with van der Waals surface area (Å²) in [5, 5.41) is 102. The predicted octanol–water partition coefficient (Wildman–Crippen LogP) is -4.75. The number of carboxylic acids is 1. The number of carbonyl (C=O) groups is 1. The number of rotatable bonds is 10. The number of carboxylic acid groups (broad SMARTS) is 1. The van der Waals surface area contributed by atoms with Crippen LogP contribution < -0.4 is 0 Å². The van der Waals surface area contributed by atoms with E-state index >= 15 is 0 Å². The Morgan fingerprint density at radius 2 is 1.60 bits per heavy atom. The average Bonchev–Trinajstić information content (AvgIpc) is 2.93. The van der Waals surface area contributed by atoms with Gasteiger partial charge in [0.25, 0.3) is 5.79 Å². The Hall–Kier alpha value is -1.09. The highest BCUT2D eigenvalue weighted by atomic mass is 16.7. The molecular formula is C24H42O16. The molecule has 3 heterocycles. The average molecular weight is 587 g/mol. The van der Waals surface area contributed by atoms with Gasteiger partial charge < -0.3 is 74.7 Å². The van der Waals surface area contributed by atoms with E-state index in [-0.39, 0.29) is 0 Å². The zero-order valence-electron chi connectivity index (χ0n) is 22.4. The molecule has 0 aromatic heterocycles. The van der Waals surface area contributed by atoms with Crippen LogP contribution in [-0.2, 0) is 28.5 Å². The van der Waals surface area contributed by atoms with Crippen molar-refractivity contribution >= 4 is 5.97 Å². The van der Waals surface area contributed by atoms with E-state index in [2.05, 4.69) is 0 Å². The van der Waals surface area contributed by atoms with Crippen LogP contribution in [0.5, 0.6) is 0 Å². The summed E-state index contributed by atoms with van der Waals surface area (Å²) in [4.78, 5) is 12.3. The van der Waals surface area contributed by atoms with Crippen molar-refractivity contribution in [2.24, 2.45) is 11.8 Å². The smallest absolute Gasteiger partial charge is 0.364 e. The van der Waals surface area contributed by atoms with Crippen LogP contribution in [0.3, 0.4) is 0 Å². The maximum absolute atomic E-state index is 12.3. The number of hydrogen-bond acceptors (Lipinski definition) is 15. The van der Waals surface area contributed by atoms with Crippen LogP contribution in [0.4, 0.5) is 0 Å². The Bertz CT molecular complexity index is 831. The topological polar surface area (TPSA) is 266 Å². The molecule has 40 heavy (non-hydrogen) atoms. The molecule has 3 aliphatic heterocycles. The number of ether oxygens (including phenoxy) is 5. The standard InChI is InChI=1S/C24H42O16/c1-8-11(27)4-24(23(34)35,40-20(8)9(2)12(28)5-25)36-7-14-16(30)17(31)19(33)22(38-14)39-21-13(6-26)37-10(3)15(29)18(21)32/h8-22,25-33H,4-7H2,1-3H3,(H,34,35). The number of aliphatic hydroxyl groups excluding tert-OH is 9. The van der Waals surface area contributed by atoms with E-state index in [0.29, 0.717) is 0 Å². The number of aliphatic hydroxyl groups is 9. The summed E-state index contributed by atoms with van der Waals surface area (Å²) in [6, 6.07) is 0. The maximum atomic E-state index is 12.3. The van der Waals surface area contributed by atoms with Crippen molar-refractivity contribution in [2.45, 2.75) is 113 Å².